The fraction of sp³-hybridized carbons (Fsp3) is 0.409. The van der Waals surface area contributed by atoms with Gasteiger partial charge in [0.15, 0.2) is 0 Å². The molecule has 1 aliphatic heterocycles. The van der Waals surface area contributed by atoms with Crippen LogP contribution in [0.2, 0.25) is 0 Å². The minimum Gasteiger partial charge on any atom is -0.491 e. The maximum absolute atomic E-state index is 12.7. The van der Waals surface area contributed by atoms with E-state index in [1.54, 1.807) is 42.3 Å². The zero-order valence-electron chi connectivity index (χ0n) is 17.0. The Morgan fingerprint density at radius 2 is 1.69 bits per heavy atom. The maximum atomic E-state index is 12.7. The molecule has 0 aromatic heterocycles. The molecule has 0 atom stereocenters. The normalized spacial score (nSPS) is 15.8. The minimum absolute atomic E-state index is 0.0511. The van der Waals surface area contributed by atoms with E-state index in [1.165, 1.54) is 4.31 Å². The van der Waals surface area contributed by atoms with Gasteiger partial charge in [0.25, 0.3) is 0 Å². The first-order valence-corrected chi connectivity index (χ1v) is 11.3. The summed E-state index contributed by atoms with van der Waals surface area (Å²) in [6.07, 6.45) is 1.07. The van der Waals surface area contributed by atoms with Crippen LogP contribution in [0.5, 0.6) is 5.75 Å². The summed E-state index contributed by atoms with van der Waals surface area (Å²) >= 11 is 0. The van der Waals surface area contributed by atoms with Crippen LogP contribution in [0, 0.1) is 12.8 Å². The van der Waals surface area contributed by atoms with Crippen LogP contribution in [-0.2, 0) is 14.8 Å². The van der Waals surface area contributed by atoms with Crippen LogP contribution in [0.3, 0.4) is 0 Å². The van der Waals surface area contributed by atoms with Crippen molar-refractivity contribution in [1.82, 2.24) is 9.21 Å². The van der Waals surface area contributed by atoms with Crippen molar-refractivity contribution < 1.29 is 17.9 Å². The molecule has 7 heteroatoms. The number of nitrogens with zero attached hydrogens (tertiary/aromatic N) is 2. The largest absolute Gasteiger partial charge is 0.491 e. The van der Waals surface area contributed by atoms with E-state index in [-0.39, 0.29) is 11.8 Å². The molecule has 156 valence electrons. The average Bonchev–Trinajstić information content (AvgIpc) is 2.75. The maximum Gasteiger partial charge on any atom is 0.243 e. The van der Waals surface area contributed by atoms with Crippen LogP contribution >= 0.6 is 0 Å². The van der Waals surface area contributed by atoms with Gasteiger partial charge >= 0.3 is 0 Å². The molecule has 0 aliphatic carbocycles. The molecule has 0 radical (unpaired) electrons. The molecular formula is C22H28N2O4S. The quantitative estimate of drug-likeness (QED) is 0.696. The summed E-state index contributed by atoms with van der Waals surface area (Å²) in [5, 5.41) is 0. The van der Waals surface area contributed by atoms with Gasteiger partial charge in [0.2, 0.25) is 15.9 Å². The summed E-state index contributed by atoms with van der Waals surface area (Å²) in [5.41, 5.74) is 1.06. The van der Waals surface area contributed by atoms with E-state index >= 15 is 0 Å². The van der Waals surface area contributed by atoms with Crippen LogP contribution < -0.4 is 4.74 Å². The number of carbonyl (C=O) groups excluding carboxylic acids is 1. The highest BCUT2D eigenvalue weighted by Gasteiger charge is 2.33. The second kappa shape index (κ2) is 9.41. The monoisotopic (exact) mass is 416 g/mol. The first-order chi connectivity index (χ1) is 13.9. The molecule has 0 spiro atoms. The van der Waals surface area contributed by atoms with Crippen molar-refractivity contribution in [2.45, 2.75) is 24.7 Å². The lowest BCUT2D eigenvalue weighted by molar-refractivity contribution is -0.135. The molecule has 1 saturated heterocycles. The van der Waals surface area contributed by atoms with E-state index in [4.69, 9.17) is 4.74 Å². The van der Waals surface area contributed by atoms with Gasteiger partial charge in [0.05, 0.1) is 11.4 Å². The number of piperidine rings is 1. The Balaban J connectivity index is 1.48. The number of rotatable bonds is 7. The Morgan fingerprint density at radius 1 is 1.07 bits per heavy atom. The van der Waals surface area contributed by atoms with Gasteiger partial charge in [-0.2, -0.15) is 4.31 Å². The van der Waals surface area contributed by atoms with Gasteiger partial charge < -0.3 is 9.64 Å². The Hall–Kier alpha value is -2.38. The molecule has 6 nitrogen and oxygen atoms in total. The van der Waals surface area contributed by atoms with Gasteiger partial charge in [-0.15, -0.1) is 0 Å². The summed E-state index contributed by atoms with van der Waals surface area (Å²) in [7, 11) is -1.72. The summed E-state index contributed by atoms with van der Waals surface area (Å²) in [4.78, 5) is 14.7. The van der Waals surface area contributed by atoms with Crippen LogP contribution in [0.1, 0.15) is 18.4 Å². The molecule has 0 N–H and O–H groups in total. The van der Waals surface area contributed by atoms with Gasteiger partial charge in [0, 0.05) is 26.1 Å². The predicted octanol–water partition coefficient (Wildman–Crippen LogP) is 2.93. The molecule has 1 aliphatic rings. The number of amides is 1. The number of para-hydroxylation sites is 1. The van der Waals surface area contributed by atoms with Crippen molar-refractivity contribution in [3.63, 3.8) is 0 Å². The number of likely N-dealkylation sites (N-methyl/N-ethyl adjacent to an activating group) is 1. The van der Waals surface area contributed by atoms with E-state index < -0.39 is 10.0 Å². The molecule has 0 saturated carbocycles. The lowest BCUT2D eigenvalue weighted by Gasteiger charge is -2.32. The lowest BCUT2D eigenvalue weighted by Crippen LogP contribution is -2.44. The van der Waals surface area contributed by atoms with Gasteiger partial charge in [-0.25, -0.2) is 8.42 Å². The predicted molar refractivity (Wildman–Crippen MR) is 112 cm³/mol. The Bertz CT molecular complexity index is 923. The third-order valence-electron chi connectivity index (χ3n) is 5.34. The molecule has 2 aromatic carbocycles. The van der Waals surface area contributed by atoms with Crippen molar-refractivity contribution in [3.05, 3.63) is 60.2 Å². The van der Waals surface area contributed by atoms with Crippen molar-refractivity contribution in [3.8, 4) is 5.75 Å². The number of benzene rings is 2. The van der Waals surface area contributed by atoms with Gasteiger partial charge in [-0.3, -0.25) is 4.79 Å². The average molecular weight is 417 g/mol. The van der Waals surface area contributed by atoms with Crippen LogP contribution in [0.15, 0.2) is 59.5 Å². The summed E-state index contributed by atoms with van der Waals surface area (Å²) < 4.78 is 32.7. The van der Waals surface area contributed by atoms with Crippen molar-refractivity contribution in [2.75, 3.05) is 33.3 Å². The van der Waals surface area contributed by atoms with E-state index in [1.807, 2.05) is 31.2 Å². The second-order valence-electron chi connectivity index (χ2n) is 7.37. The van der Waals surface area contributed by atoms with Gasteiger partial charge in [-0.1, -0.05) is 36.4 Å². The van der Waals surface area contributed by atoms with Gasteiger partial charge in [0.1, 0.15) is 12.4 Å². The zero-order valence-corrected chi connectivity index (χ0v) is 17.8. The fourth-order valence-electron chi connectivity index (χ4n) is 3.52. The van der Waals surface area contributed by atoms with Crippen molar-refractivity contribution >= 4 is 15.9 Å². The molecule has 0 bridgehead atoms. The summed E-state index contributed by atoms with van der Waals surface area (Å²) in [6.45, 7) is 3.63. The third-order valence-corrected chi connectivity index (χ3v) is 7.25. The van der Waals surface area contributed by atoms with Crippen molar-refractivity contribution in [2.24, 2.45) is 5.92 Å². The molecule has 1 heterocycles. The first kappa shape index (κ1) is 21.3. The number of hydrogen-bond donors (Lipinski definition) is 0. The fourth-order valence-corrected chi connectivity index (χ4v) is 5.01. The number of sulfonamides is 1. The Morgan fingerprint density at radius 3 is 2.34 bits per heavy atom. The number of ether oxygens (including phenoxy) is 1. The third kappa shape index (κ3) is 5.16. The SMILES string of the molecule is Cc1ccccc1OCCN(C)C(=O)C1CCN(S(=O)(=O)c2ccccc2)CC1. The number of hydrogen-bond acceptors (Lipinski definition) is 4. The molecule has 29 heavy (non-hydrogen) atoms. The van der Waals surface area contributed by atoms with Crippen LogP contribution in [0.4, 0.5) is 0 Å². The molecule has 3 rings (SSSR count). The first-order valence-electron chi connectivity index (χ1n) is 9.88. The number of carbonyl (C=O) groups is 1. The highest BCUT2D eigenvalue weighted by atomic mass is 32.2. The molecule has 1 amide bonds. The molecule has 1 fully saturated rings. The van der Waals surface area contributed by atoms with E-state index in [2.05, 4.69) is 0 Å². The second-order valence-corrected chi connectivity index (χ2v) is 9.30. The van der Waals surface area contributed by atoms with E-state index in [0.717, 1.165) is 11.3 Å². The summed E-state index contributed by atoms with van der Waals surface area (Å²) in [5.74, 6) is 0.726. The van der Waals surface area contributed by atoms with E-state index in [0.29, 0.717) is 44.0 Å². The Kier molecular flexibility index (Phi) is 6.92. The van der Waals surface area contributed by atoms with Crippen LogP contribution in [-0.4, -0.2) is 56.8 Å². The highest BCUT2D eigenvalue weighted by Crippen LogP contribution is 2.25. The highest BCUT2D eigenvalue weighted by molar-refractivity contribution is 7.89. The lowest BCUT2D eigenvalue weighted by atomic mass is 9.97. The standard InChI is InChI=1S/C22H28N2O4S/c1-18-8-6-7-11-21(18)28-17-16-23(2)22(25)19-12-14-24(15-13-19)29(26,27)20-9-4-3-5-10-20/h3-11,19H,12-17H2,1-2H3. The minimum atomic E-state index is -3.49. The smallest absolute Gasteiger partial charge is 0.243 e. The topological polar surface area (TPSA) is 66.9 Å². The van der Waals surface area contributed by atoms with E-state index in [9.17, 15) is 13.2 Å². The molecular weight excluding hydrogens is 388 g/mol. The Labute approximate surface area is 173 Å². The number of aryl methyl sites for hydroxylation is 1. The molecule has 2 aromatic rings. The summed E-state index contributed by atoms with van der Waals surface area (Å²) in [6, 6.07) is 16.2. The van der Waals surface area contributed by atoms with Crippen LogP contribution in [0.25, 0.3) is 0 Å². The van der Waals surface area contributed by atoms with Gasteiger partial charge in [-0.05, 0) is 43.5 Å². The van der Waals surface area contributed by atoms with Crippen molar-refractivity contribution in [1.29, 1.82) is 0 Å². The molecule has 0 unspecified atom stereocenters. The zero-order chi connectivity index (χ0) is 20.9.